The molecule has 0 aliphatic carbocycles. The third-order valence-electron chi connectivity index (χ3n) is 4.52. The fourth-order valence-corrected chi connectivity index (χ4v) is 2.99. The Bertz CT molecular complexity index is 1070. The van der Waals surface area contributed by atoms with Crippen molar-refractivity contribution in [1.82, 2.24) is 0 Å². The second kappa shape index (κ2) is 7.53. The molecule has 0 saturated heterocycles. The summed E-state index contributed by atoms with van der Waals surface area (Å²) in [5.74, 6) is 0.330. The number of aromatic hydroxyl groups is 1. The highest BCUT2D eigenvalue weighted by Crippen LogP contribution is 2.26. The highest BCUT2D eigenvalue weighted by atomic mass is 16.5. The largest absolute Gasteiger partial charge is 0.506 e. The van der Waals surface area contributed by atoms with Crippen LogP contribution in [0.3, 0.4) is 0 Å². The molecule has 27 heavy (non-hydrogen) atoms. The molecule has 0 radical (unpaired) electrons. The number of hydrogen-bond donors (Lipinski definition) is 2. The van der Waals surface area contributed by atoms with Gasteiger partial charge in [0.25, 0.3) is 0 Å². The lowest BCUT2D eigenvalue weighted by atomic mass is 10.0. The Balaban J connectivity index is 1.78. The van der Waals surface area contributed by atoms with E-state index in [1.807, 2.05) is 19.9 Å². The Morgan fingerprint density at radius 3 is 2.67 bits per heavy atom. The van der Waals surface area contributed by atoms with Crippen LogP contribution in [0.25, 0.3) is 11.0 Å². The Hall–Kier alpha value is -3.28. The molecule has 1 amide bonds. The minimum Gasteiger partial charge on any atom is -0.506 e. The van der Waals surface area contributed by atoms with Crippen molar-refractivity contribution in [3.63, 3.8) is 0 Å². The van der Waals surface area contributed by atoms with Crippen LogP contribution in [-0.4, -0.2) is 18.1 Å². The number of anilines is 1. The summed E-state index contributed by atoms with van der Waals surface area (Å²) in [6.07, 6.45) is 0.342. The van der Waals surface area contributed by atoms with E-state index >= 15 is 0 Å². The van der Waals surface area contributed by atoms with Crippen LogP contribution in [0.4, 0.5) is 5.69 Å². The number of nitrogens with one attached hydrogen (secondary N) is 1. The summed E-state index contributed by atoms with van der Waals surface area (Å²) in [4.78, 5) is 24.6. The lowest BCUT2D eigenvalue weighted by Gasteiger charge is -2.10. The molecule has 0 unspecified atom stereocenters. The Morgan fingerprint density at radius 2 is 1.96 bits per heavy atom. The van der Waals surface area contributed by atoms with E-state index in [-0.39, 0.29) is 24.5 Å². The predicted octanol–water partition coefficient (Wildman–Crippen LogP) is 3.70. The molecule has 1 heterocycles. The van der Waals surface area contributed by atoms with Gasteiger partial charge in [-0.3, -0.25) is 4.79 Å². The first kappa shape index (κ1) is 18.5. The number of methoxy groups -OCH3 is 1. The zero-order chi connectivity index (χ0) is 19.6. The molecule has 2 aromatic carbocycles. The fourth-order valence-electron chi connectivity index (χ4n) is 2.99. The van der Waals surface area contributed by atoms with E-state index in [0.717, 1.165) is 16.5 Å². The number of ether oxygens (including phenoxy) is 1. The monoisotopic (exact) mass is 367 g/mol. The van der Waals surface area contributed by atoms with Gasteiger partial charge in [-0.2, -0.15) is 0 Å². The van der Waals surface area contributed by atoms with E-state index in [1.165, 1.54) is 0 Å². The third-order valence-corrected chi connectivity index (χ3v) is 4.52. The molecule has 0 atom stereocenters. The second-order valence-electron chi connectivity index (χ2n) is 6.42. The molecule has 0 spiro atoms. The summed E-state index contributed by atoms with van der Waals surface area (Å²) in [7, 11) is 1.55. The van der Waals surface area contributed by atoms with Crippen molar-refractivity contribution in [2.75, 3.05) is 12.4 Å². The average molecular weight is 367 g/mol. The minimum atomic E-state index is -0.459. The van der Waals surface area contributed by atoms with Crippen molar-refractivity contribution in [2.24, 2.45) is 0 Å². The lowest BCUT2D eigenvalue weighted by Crippen LogP contribution is -2.16. The van der Waals surface area contributed by atoms with Gasteiger partial charge in [-0.15, -0.1) is 0 Å². The smallest absolute Gasteiger partial charge is 0.339 e. The number of benzene rings is 2. The van der Waals surface area contributed by atoms with Gasteiger partial charge in [-0.05, 0) is 55.7 Å². The van der Waals surface area contributed by atoms with Crippen LogP contribution in [0.1, 0.15) is 23.1 Å². The molecule has 0 aliphatic heterocycles. The molecule has 3 aromatic rings. The van der Waals surface area contributed by atoms with Crippen molar-refractivity contribution in [2.45, 2.75) is 26.7 Å². The molecule has 0 bridgehead atoms. The number of carbonyl (C=O) groups is 1. The van der Waals surface area contributed by atoms with Gasteiger partial charge in [0.1, 0.15) is 17.1 Å². The van der Waals surface area contributed by atoms with Crippen LogP contribution in [0.5, 0.6) is 11.5 Å². The lowest BCUT2D eigenvalue weighted by molar-refractivity contribution is -0.116. The molecule has 0 aliphatic rings. The number of amides is 1. The van der Waals surface area contributed by atoms with Crippen LogP contribution in [0, 0.1) is 13.8 Å². The number of aryl methyl sites for hydroxylation is 2. The molecule has 6 nitrogen and oxygen atoms in total. The maximum atomic E-state index is 12.3. The predicted molar refractivity (Wildman–Crippen MR) is 104 cm³/mol. The van der Waals surface area contributed by atoms with Gasteiger partial charge in [0.15, 0.2) is 0 Å². The molecule has 3 rings (SSSR count). The van der Waals surface area contributed by atoms with Crippen molar-refractivity contribution in [1.29, 1.82) is 0 Å². The third kappa shape index (κ3) is 3.95. The number of fused-ring (bicyclic) bond motifs is 1. The van der Waals surface area contributed by atoms with Gasteiger partial charge in [0.2, 0.25) is 5.91 Å². The molecule has 140 valence electrons. The first-order valence-corrected chi connectivity index (χ1v) is 8.59. The normalized spacial score (nSPS) is 10.8. The van der Waals surface area contributed by atoms with Crippen molar-refractivity contribution >= 4 is 22.6 Å². The first-order chi connectivity index (χ1) is 12.9. The van der Waals surface area contributed by atoms with Gasteiger partial charge in [0.05, 0.1) is 12.8 Å². The molecule has 1 aromatic heterocycles. The summed E-state index contributed by atoms with van der Waals surface area (Å²) in [6.45, 7) is 3.69. The quantitative estimate of drug-likeness (QED) is 0.530. The molecule has 6 heteroatoms. The summed E-state index contributed by atoms with van der Waals surface area (Å²) >= 11 is 0. The van der Waals surface area contributed by atoms with Gasteiger partial charge < -0.3 is 19.6 Å². The SMILES string of the molecule is COc1ccc2c(C)c(CCC(=O)Nc3ccc(C)cc3O)c(=O)oc2c1. The van der Waals surface area contributed by atoms with Crippen LogP contribution in [0.15, 0.2) is 45.6 Å². The molecular weight excluding hydrogens is 346 g/mol. The van der Waals surface area contributed by atoms with Crippen molar-refractivity contribution in [3.8, 4) is 11.5 Å². The van der Waals surface area contributed by atoms with E-state index < -0.39 is 5.63 Å². The minimum absolute atomic E-state index is 0.0127. The van der Waals surface area contributed by atoms with Crippen LogP contribution in [0.2, 0.25) is 0 Å². The molecule has 0 saturated carbocycles. The summed E-state index contributed by atoms with van der Waals surface area (Å²) in [6, 6.07) is 10.3. The highest BCUT2D eigenvalue weighted by molar-refractivity contribution is 5.92. The summed E-state index contributed by atoms with van der Waals surface area (Å²) in [5, 5.41) is 13.4. The first-order valence-electron chi connectivity index (χ1n) is 8.59. The zero-order valence-electron chi connectivity index (χ0n) is 15.5. The maximum Gasteiger partial charge on any atom is 0.339 e. The standard InChI is InChI=1S/C21H21NO5/c1-12-4-8-17(18(23)10-12)22-20(24)9-7-16-13(2)15-6-5-14(26-3)11-19(15)27-21(16)25/h4-6,8,10-11,23H,7,9H2,1-3H3,(H,22,24). The maximum absolute atomic E-state index is 12.3. The Kier molecular flexibility index (Phi) is 5.16. The van der Waals surface area contributed by atoms with Crippen LogP contribution >= 0.6 is 0 Å². The number of rotatable bonds is 5. The topological polar surface area (TPSA) is 88.8 Å². The summed E-state index contributed by atoms with van der Waals surface area (Å²) < 4.78 is 10.5. The van der Waals surface area contributed by atoms with E-state index in [2.05, 4.69) is 5.32 Å². The van der Waals surface area contributed by atoms with E-state index in [1.54, 1.807) is 37.4 Å². The van der Waals surface area contributed by atoms with Gasteiger partial charge >= 0.3 is 5.63 Å². The fraction of sp³-hybridized carbons (Fsp3) is 0.238. The van der Waals surface area contributed by atoms with E-state index in [4.69, 9.17) is 9.15 Å². The van der Waals surface area contributed by atoms with E-state index in [9.17, 15) is 14.7 Å². The number of carbonyl (C=O) groups excluding carboxylic acids is 1. The van der Waals surface area contributed by atoms with Crippen molar-refractivity contribution in [3.05, 3.63) is 63.5 Å². The number of phenols is 1. The van der Waals surface area contributed by atoms with Crippen LogP contribution in [-0.2, 0) is 11.2 Å². The van der Waals surface area contributed by atoms with Crippen molar-refractivity contribution < 1.29 is 19.1 Å². The molecule has 2 N–H and O–H groups in total. The zero-order valence-corrected chi connectivity index (χ0v) is 15.5. The number of phenolic OH excluding ortho intramolecular Hbond substituents is 1. The Labute approximate surface area is 156 Å². The van der Waals surface area contributed by atoms with Gasteiger partial charge in [-0.25, -0.2) is 4.79 Å². The average Bonchev–Trinajstić information content (AvgIpc) is 2.63. The van der Waals surface area contributed by atoms with Crippen LogP contribution < -0.4 is 15.7 Å². The molecule has 0 fully saturated rings. The van der Waals surface area contributed by atoms with Gasteiger partial charge in [0, 0.05) is 23.4 Å². The second-order valence-corrected chi connectivity index (χ2v) is 6.42. The van der Waals surface area contributed by atoms with Gasteiger partial charge in [-0.1, -0.05) is 6.07 Å². The Morgan fingerprint density at radius 1 is 1.19 bits per heavy atom. The highest BCUT2D eigenvalue weighted by Gasteiger charge is 2.14. The van der Waals surface area contributed by atoms with E-state index in [0.29, 0.717) is 22.6 Å². The molecular formula is C21H21NO5. The number of hydrogen-bond acceptors (Lipinski definition) is 5. The summed E-state index contributed by atoms with van der Waals surface area (Å²) in [5.41, 5.74) is 2.49.